The predicted octanol–water partition coefficient (Wildman–Crippen LogP) is 2.60. The molecule has 1 N–H and O–H groups in total. The van der Waals surface area contributed by atoms with Crippen molar-refractivity contribution in [2.45, 2.75) is 19.1 Å². The summed E-state index contributed by atoms with van der Waals surface area (Å²) in [7, 11) is 4.67. The maximum absolute atomic E-state index is 13.5. The second-order valence-electron chi connectivity index (χ2n) is 6.85. The summed E-state index contributed by atoms with van der Waals surface area (Å²) in [5.41, 5.74) is 2.27. The number of carbonyl (C=O) groups is 1. The number of morpholine rings is 1. The lowest BCUT2D eigenvalue weighted by molar-refractivity contribution is -0.0812. The van der Waals surface area contributed by atoms with Gasteiger partial charge in [-0.3, -0.25) is 4.79 Å². The maximum Gasteiger partial charge on any atom is 0.258 e. The molecule has 156 valence electrons. The SMILES string of the molecule is COc1ccc([C@@H]2[C@@H](CO)OCCN2C(=O)c2ccc(C)cc2OC)cc1OC. The van der Waals surface area contributed by atoms with Crippen LogP contribution in [0.3, 0.4) is 0 Å². The van der Waals surface area contributed by atoms with Crippen molar-refractivity contribution in [2.75, 3.05) is 41.1 Å². The quantitative estimate of drug-likeness (QED) is 0.802. The molecule has 0 saturated carbocycles. The molecule has 0 radical (unpaired) electrons. The number of aliphatic hydroxyl groups excluding tert-OH is 1. The predicted molar refractivity (Wildman–Crippen MR) is 108 cm³/mol. The minimum absolute atomic E-state index is 0.177. The fourth-order valence-electron chi connectivity index (χ4n) is 3.67. The van der Waals surface area contributed by atoms with Crippen LogP contribution in [0.1, 0.15) is 27.5 Å². The van der Waals surface area contributed by atoms with Gasteiger partial charge in [-0.1, -0.05) is 12.1 Å². The molecule has 2 aromatic carbocycles. The van der Waals surface area contributed by atoms with Crippen molar-refractivity contribution in [2.24, 2.45) is 0 Å². The fourth-order valence-corrected chi connectivity index (χ4v) is 3.67. The van der Waals surface area contributed by atoms with Crippen LogP contribution in [-0.2, 0) is 4.74 Å². The molecule has 2 aromatic rings. The average molecular weight is 401 g/mol. The van der Waals surface area contributed by atoms with Gasteiger partial charge in [0.05, 0.1) is 46.1 Å². The van der Waals surface area contributed by atoms with Crippen LogP contribution < -0.4 is 14.2 Å². The number of benzene rings is 2. The summed E-state index contributed by atoms with van der Waals surface area (Å²) in [6.45, 7) is 2.47. The van der Waals surface area contributed by atoms with Gasteiger partial charge in [-0.05, 0) is 42.3 Å². The molecule has 1 fully saturated rings. The minimum atomic E-state index is -0.553. The molecule has 0 aliphatic carbocycles. The smallest absolute Gasteiger partial charge is 0.258 e. The molecule has 1 saturated heterocycles. The average Bonchev–Trinajstić information content (AvgIpc) is 2.77. The van der Waals surface area contributed by atoms with E-state index in [1.807, 2.05) is 31.2 Å². The number of rotatable bonds is 6. The number of ether oxygens (including phenoxy) is 4. The Kier molecular flexibility index (Phi) is 6.61. The number of amides is 1. The second kappa shape index (κ2) is 9.15. The van der Waals surface area contributed by atoms with E-state index < -0.39 is 12.1 Å². The molecular formula is C22H27NO6. The summed E-state index contributed by atoms with van der Waals surface area (Å²) in [6, 6.07) is 10.5. The summed E-state index contributed by atoms with van der Waals surface area (Å²) >= 11 is 0. The summed E-state index contributed by atoms with van der Waals surface area (Å²) < 4.78 is 21.9. The number of hydrogen-bond donors (Lipinski definition) is 1. The Morgan fingerprint density at radius 2 is 1.79 bits per heavy atom. The van der Waals surface area contributed by atoms with E-state index in [0.29, 0.717) is 36.0 Å². The van der Waals surface area contributed by atoms with E-state index in [2.05, 4.69) is 0 Å². The lowest BCUT2D eigenvalue weighted by atomic mass is 9.96. The van der Waals surface area contributed by atoms with Crippen LogP contribution in [0.4, 0.5) is 0 Å². The van der Waals surface area contributed by atoms with Crippen LogP contribution in [0.15, 0.2) is 36.4 Å². The van der Waals surface area contributed by atoms with Crippen molar-refractivity contribution in [1.82, 2.24) is 4.90 Å². The monoisotopic (exact) mass is 401 g/mol. The Labute approximate surface area is 170 Å². The van der Waals surface area contributed by atoms with Crippen molar-refractivity contribution in [3.05, 3.63) is 53.1 Å². The topological polar surface area (TPSA) is 77.5 Å². The largest absolute Gasteiger partial charge is 0.496 e. The van der Waals surface area contributed by atoms with Gasteiger partial charge in [-0.15, -0.1) is 0 Å². The molecule has 0 spiro atoms. The number of nitrogens with zero attached hydrogens (tertiary/aromatic N) is 1. The van der Waals surface area contributed by atoms with E-state index in [1.165, 1.54) is 0 Å². The van der Waals surface area contributed by atoms with Gasteiger partial charge in [0.1, 0.15) is 11.9 Å². The molecule has 2 atom stereocenters. The summed E-state index contributed by atoms with van der Waals surface area (Å²) in [6.07, 6.45) is -0.553. The zero-order chi connectivity index (χ0) is 21.0. The Hall–Kier alpha value is -2.77. The number of carbonyl (C=O) groups excluding carboxylic acids is 1. The highest BCUT2D eigenvalue weighted by atomic mass is 16.5. The van der Waals surface area contributed by atoms with E-state index in [-0.39, 0.29) is 12.5 Å². The number of hydrogen-bond acceptors (Lipinski definition) is 6. The van der Waals surface area contributed by atoms with Crippen molar-refractivity contribution in [3.8, 4) is 17.2 Å². The first-order valence-corrected chi connectivity index (χ1v) is 9.44. The third-order valence-electron chi connectivity index (χ3n) is 5.13. The van der Waals surface area contributed by atoms with Crippen LogP contribution in [-0.4, -0.2) is 63.1 Å². The number of aliphatic hydroxyl groups is 1. The highest BCUT2D eigenvalue weighted by molar-refractivity contribution is 5.97. The first-order valence-electron chi connectivity index (χ1n) is 9.44. The van der Waals surface area contributed by atoms with E-state index in [0.717, 1.165) is 11.1 Å². The third kappa shape index (κ3) is 4.16. The van der Waals surface area contributed by atoms with Gasteiger partial charge in [-0.25, -0.2) is 0 Å². The molecule has 1 amide bonds. The highest BCUT2D eigenvalue weighted by Gasteiger charge is 2.37. The molecule has 1 aliphatic rings. The molecule has 1 aliphatic heterocycles. The molecular weight excluding hydrogens is 374 g/mol. The fraction of sp³-hybridized carbons (Fsp3) is 0.409. The number of aryl methyl sites for hydroxylation is 1. The van der Waals surface area contributed by atoms with Gasteiger partial charge in [-0.2, -0.15) is 0 Å². The van der Waals surface area contributed by atoms with Crippen LogP contribution in [0.2, 0.25) is 0 Å². The van der Waals surface area contributed by atoms with Crippen LogP contribution in [0.25, 0.3) is 0 Å². The first-order chi connectivity index (χ1) is 14.0. The van der Waals surface area contributed by atoms with E-state index in [9.17, 15) is 9.90 Å². The van der Waals surface area contributed by atoms with Crippen molar-refractivity contribution >= 4 is 5.91 Å². The van der Waals surface area contributed by atoms with Gasteiger partial charge in [0.2, 0.25) is 0 Å². The van der Waals surface area contributed by atoms with Gasteiger partial charge in [0.25, 0.3) is 5.91 Å². The Bertz CT molecular complexity index is 868. The Morgan fingerprint density at radius 3 is 2.45 bits per heavy atom. The van der Waals surface area contributed by atoms with Gasteiger partial charge >= 0.3 is 0 Å². The van der Waals surface area contributed by atoms with Crippen LogP contribution in [0, 0.1) is 6.92 Å². The van der Waals surface area contributed by atoms with E-state index in [4.69, 9.17) is 18.9 Å². The highest BCUT2D eigenvalue weighted by Crippen LogP contribution is 2.37. The maximum atomic E-state index is 13.5. The minimum Gasteiger partial charge on any atom is -0.496 e. The van der Waals surface area contributed by atoms with Crippen molar-refractivity contribution in [1.29, 1.82) is 0 Å². The second-order valence-corrected chi connectivity index (χ2v) is 6.85. The van der Waals surface area contributed by atoms with Crippen molar-refractivity contribution in [3.63, 3.8) is 0 Å². The van der Waals surface area contributed by atoms with E-state index in [1.54, 1.807) is 38.4 Å². The van der Waals surface area contributed by atoms with Gasteiger partial charge in [0.15, 0.2) is 11.5 Å². The zero-order valence-corrected chi connectivity index (χ0v) is 17.2. The van der Waals surface area contributed by atoms with Crippen LogP contribution in [0.5, 0.6) is 17.2 Å². The molecule has 29 heavy (non-hydrogen) atoms. The summed E-state index contributed by atoms with van der Waals surface area (Å²) in [4.78, 5) is 15.2. The van der Waals surface area contributed by atoms with Crippen molar-refractivity contribution < 1.29 is 28.8 Å². The summed E-state index contributed by atoms with van der Waals surface area (Å²) in [5, 5.41) is 9.91. The molecule has 7 nitrogen and oxygen atoms in total. The standard InChI is InChI=1S/C22H27NO6/c1-14-5-7-16(18(11-14)27-3)22(25)23-9-10-29-20(13-24)21(23)15-6-8-17(26-2)19(12-15)28-4/h5-8,11-12,20-21,24H,9-10,13H2,1-4H3/t20-,21-/m1/s1. The molecule has 0 unspecified atom stereocenters. The Morgan fingerprint density at radius 1 is 1.07 bits per heavy atom. The lowest BCUT2D eigenvalue weighted by Crippen LogP contribution is -2.49. The van der Waals surface area contributed by atoms with Crippen LogP contribution >= 0.6 is 0 Å². The first kappa shape index (κ1) is 21.0. The van der Waals surface area contributed by atoms with E-state index >= 15 is 0 Å². The molecule has 3 rings (SSSR count). The van der Waals surface area contributed by atoms with Gasteiger partial charge in [0, 0.05) is 6.54 Å². The lowest BCUT2D eigenvalue weighted by Gasteiger charge is -2.41. The third-order valence-corrected chi connectivity index (χ3v) is 5.13. The molecule has 0 bridgehead atoms. The number of methoxy groups -OCH3 is 3. The zero-order valence-electron chi connectivity index (χ0n) is 17.2. The molecule has 7 heteroatoms. The Balaban J connectivity index is 2.03. The molecule has 1 heterocycles. The van der Waals surface area contributed by atoms with Gasteiger partial charge < -0.3 is 29.0 Å². The summed E-state index contributed by atoms with van der Waals surface area (Å²) in [5.74, 6) is 1.48. The molecule has 0 aromatic heterocycles. The normalized spacial score (nSPS) is 19.0.